The molecule has 2 aromatic carbocycles. The number of rotatable bonds is 6. The molecule has 0 spiro atoms. The van der Waals surface area contributed by atoms with Crippen LogP contribution in [0.4, 0.5) is 5.69 Å². The average Bonchev–Trinajstić information content (AvgIpc) is 3.21. The zero-order chi connectivity index (χ0) is 19.2. The number of halogens is 1. The van der Waals surface area contributed by atoms with Gasteiger partial charge in [-0.3, -0.25) is 4.79 Å². The summed E-state index contributed by atoms with van der Waals surface area (Å²) in [5.41, 5.74) is 7.08. The van der Waals surface area contributed by atoms with Gasteiger partial charge in [0.2, 0.25) is 0 Å². The molecule has 0 radical (unpaired) electrons. The quantitative estimate of drug-likeness (QED) is 0.483. The van der Waals surface area contributed by atoms with Gasteiger partial charge in [0, 0.05) is 15.6 Å². The molecule has 0 saturated carbocycles. The Hall–Kier alpha value is -2.83. The summed E-state index contributed by atoms with van der Waals surface area (Å²) in [6, 6.07) is 17.6. The Morgan fingerprint density at radius 2 is 1.89 bits per heavy atom. The van der Waals surface area contributed by atoms with Gasteiger partial charge in [-0.15, -0.1) is 11.3 Å². The van der Waals surface area contributed by atoms with Gasteiger partial charge in [0.25, 0.3) is 5.91 Å². The lowest BCUT2D eigenvalue weighted by atomic mass is 10.1. The molecule has 1 heterocycles. The van der Waals surface area contributed by atoms with Crippen LogP contribution in [0.1, 0.15) is 26.8 Å². The van der Waals surface area contributed by atoms with E-state index in [2.05, 4.69) is 5.32 Å². The van der Waals surface area contributed by atoms with E-state index >= 15 is 0 Å². The number of hydrogen-bond donors (Lipinski definition) is 2. The molecule has 0 aliphatic heterocycles. The van der Waals surface area contributed by atoms with E-state index in [-0.39, 0.29) is 17.3 Å². The predicted molar refractivity (Wildman–Crippen MR) is 107 cm³/mol. The van der Waals surface area contributed by atoms with E-state index in [4.69, 9.17) is 22.1 Å². The van der Waals surface area contributed by atoms with Gasteiger partial charge < -0.3 is 15.8 Å². The highest BCUT2D eigenvalue weighted by molar-refractivity contribution is 7.10. The first-order chi connectivity index (χ1) is 13.0. The normalized spacial score (nSPS) is 11.6. The highest BCUT2D eigenvalue weighted by Crippen LogP contribution is 2.26. The van der Waals surface area contributed by atoms with Crippen LogP contribution in [0.15, 0.2) is 66.0 Å². The zero-order valence-electron chi connectivity index (χ0n) is 14.2. The van der Waals surface area contributed by atoms with Gasteiger partial charge in [-0.2, -0.15) is 0 Å². The zero-order valence-corrected chi connectivity index (χ0v) is 15.8. The second-order valence-corrected chi connectivity index (χ2v) is 7.15. The molecule has 0 saturated heterocycles. The van der Waals surface area contributed by atoms with Gasteiger partial charge in [0.05, 0.1) is 11.6 Å². The molecule has 0 aliphatic rings. The van der Waals surface area contributed by atoms with Crippen molar-refractivity contribution in [2.45, 2.75) is 6.04 Å². The smallest absolute Gasteiger partial charge is 0.340 e. The van der Waals surface area contributed by atoms with Crippen molar-refractivity contribution in [3.8, 4) is 0 Å². The van der Waals surface area contributed by atoms with Crippen LogP contribution in [-0.4, -0.2) is 18.5 Å². The summed E-state index contributed by atoms with van der Waals surface area (Å²) in [4.78, 5) is 25.5. The number of carbonyl (C=O) groups is 2. The molecule has 27 heavy (non-hydrogen) atoms. The van der Waals surface area contributed by atoms with Crippen LogP contribution < -0.4 is 11.1 Å². The summed E-state index contributed by atoms with van der Waals surface area (Å²) >= 11 is 7.41. The molecule has 0 unspecified atom stereocenters. The number of amides is 1. The molecule has 1 aromatic heterocycles. The van der Waals surface area contributed by atoms with Gasteiger partial charge in [0.1, 0.15) is 0 Å². The topological polar surface area (TPSA) is 81.4 Å². The van der Waals surface area contributed by atoms with Crippen LogP contribution in [0.5, 0.6) is 0 Å². The first-order valence-electron chi connectivity index (χ1n) is 8.14. The molecule has 3 N–H and O–H groups in total. The van der Waals surface area contributed by atoms with Gasteiger partial charge in [0.15, 0.2) is 6.61 Å². The van der Waals surface area contributed by atoms with Crippen molar-refractivity contribution in [2.24, 2.45) is 0 Å². The monoisotopic (exact) mass is 400 g/mol. The summed E-state index contributed by atoms with van der Waals surface area (Å²) in [6.45, 7) is -0.417. The van der Waals surface area contributed by atoms with E-state index in [0.717, 1.165) is 10.4 Å². The maximum atomic E-state index is 12.4. The molecule has 7 heteroatoms. The number of thiophene rings is 1. The standard InChI is InChI=1S/C20H17ClN2O3S/c21-14-8-9-16(22)15(11-14)20(25)26-12-18(24)23-19(17-7-4-10-27-17)13-5-2-1-3-6-13/h1-11,19H,12,22H2,(H,23,24)/t19-/m0/s1. The number of carbonyl (C=O) groups excluding carboxylic acids is 2. The number of nitrogens with one attached hydrogen (secondary N) is 1. The van der Waals surface area contributed by atoms with Crippen molar-refractivity contribution in [1.82, 2.24) is 5.32 Å². The third-order valence-electron chi connectivity index (χ3n) is 3.84. The largest absolute Gasteiger partial charge is 0.452 e. The number of ether oxygens (including phenoxy) is 1. The molecule has 0 fully saturated rings. The fourth-order valence-electron chi connectivity index (χ4n) is 2.54. The van der Waals surface area contributed by atoms with Crippen LogP contribution in [-0.2, 0) is 9.53 Å². The Morgan fingerprint density at radius 1 is 1.11 bits per heavy atom. The van der Waals surface area contributed by atoms with Crippen LogP contribution in [0.25, 0.3) is 0 Å². The number of esters is 1. The lowest BCUT2D eigenvalue weighted by Gasteiger charge is -2.18. The molecule has 3 rings (SSSR count). The maximum Gasteiger partial charge on any atom is 0.340 e. The van der Waals surface area contributed by atoms with E-state index in [1.54, 1.807) is 6.07 Å². The van der Waals surface area contributed by atoms with Crippen molar-refractivity contribution in [1.29, 1.82) is 0 Å². The molecule has 0 aliphatic carbocycles. The number of nitrogens with two attached hydrogens (primary N) is 1. The van der Waals surface area contributed by atoms with Gasteiger partial charge in [-0.1, -0.05) is 48.0 Å². The van der Waals surface area contributed by atoms with Gasteiger partial charge in [-0.05, 0) is 35.2 Å². The maximum absolute atomic E-state index is 12.4. The molecule has 0 bridgehead atoms. The predicted octanol–water partition coefficient (Wildman–Crippen LogP) is 4.05. The fraction of sp³-hybridized carbons (Fsp3) is 0.100. The van der Waals surface area contributed by atoms with Crippen molar-refractivity contribution >= 4 is 40.5 Å². The van der Waals surface area contributed by atoms with Crippen LogP contribution in [0.2, 0.25) is 5.02 Å². The van der Waals surface area contributed by atoms with Gasteiger partial charge in [-0.25, -0.2) is 4.79 Å². The van der Waals surface area contributed by atoms with Crippen LogP contribution in [0.3, 0.4) is 0 Å². The van der Waals surface area contributed by atoms with Crippen molar-refractivity contribution in [2.75, 3.05) is 12.3 Å². The minimum Gasteiger partial charge on any atom is -0.452 e. The average molecular weight is 401 g/mol. The molecular formula is C20H17ClN2O3S. The Morgan fingerprint density at radius 3 is 2.59 bits per heavy atom. The molecular weight excluding hydrogens is 384 g/mol. The lowest BCUT2D eigenvalue weighted by molar-refractivity contribution is -0.124. The summed E-state index contributed by atoms with van der Waals surface area (Å²) in [6.07, 6.45) is 0. The second kappa shape index (κ2) is 8.70. The Balaban J connectivity index is 1.66. The van der Waals surface area contributed by atoms with Crippen molar-refractivity contribution in [3.05, 3.63) is 87.1 Å². The SMILES string of the molecule is Nc1ccc(Cl)cc1C(=O)OCC(=O)N[C@@H](c1ccccc1)c1cccs1. The van der Waals surface area contributed by atoms with Crippen molar-refractivity contribution < 1.29 is 14.3 Å². The minimum atomic E-state index is -0.697. The number of hydrogen-bond acceptors (Lipinski definition) is 5. The lowest BCUT2D eigenvalue weighted by Crippen LogP contribution is -2.32. The van der Waals surface area contributed by atoms with Gasteiger partial charge >= 0.3 is 5.97 Å². The number of benzene rings is 2. The molecule has 3 aromatic rings. The molecule has 1 amide bonds. The van der Waals surface area contributed by atoms with E-state index in [1.807, 2.05) is 47.8 Å². The van der Waals surface area contributed by atoms with Crippen LogP contribution in [0, 0.1) is 0 Å². The third kappa shape index (κ3) is 4.87. The van der Waals surface area contributed by atoms with E-state index in [0.29, 0.717) is 5.02 Å². The molecule has 5 nitrogen and oxygen atoms in total. The summed E-state index contributed by atoms with van der Waals surface area (Å²) in [7, 11) is 0. The van der Waals surface area contributed by atoms with E-state index in [9.17, 15) is 9.59 Å². The first-order valence-corrected chi connectivity index (χ1v) is 9.40. The summed E-state index contributed by atoms with van der Waals surface area (Å²) in [5, 5.41) is 5.21. The molecule has 1 atom stereocenters. The highest BCUT2D eigenvalue weighted by atomic mass is 35.5. The number of nitrogen functional groups attached to an aromatic ring is 1. The molecule has 138 valence electrons. The minimum absolute atomic E-state index is 0.133. The van der Waals surface area contributed by atoms with E-state index < -0.39 is 18.5 Å². The van der Waals surface area contributed by atoms with Crippen LogP contribution >= 0.6 is 22.9 Å². The third-order valence-corrected chi connectivity index (χ3v) is 5.01. The van der Waals surface area contributed by atoms with E-state index in [1.165, 1.54) is 23.5 Å². The Bertz CT molecular complexity index is 930. The summed E-state index contributed by atoms with van der Waals surface area (Å²) < 4.78 is 5.09. The fourth-order valence-corrected chi connectivity index (χ4v) is 3.51. The Labute approximate surface area is 165 Å². The second-order valence-electron chi connectivity index (χ2n) is 5.73. The Kier molecular flexibility index (Phi) is 6.11. The number of anilines is 1. The highest BCUT2D eigenvalue weighted by Gasteiger charge is 2.19. The summed E-state index contributed by atoms with van der Waals surface area (Å²) in [5.74, 6) is -1.11. The first kappa shape index (κ1) is 18.9. The van der Waals surface area contributed by atoms with Crippen molar-refractivity contribution in [3.63, 3.8) is 0 Å².